The normalized spacial score (nSPS) is 16.6. The average Bonchev–Trinajstić information content (AvgIpc) is 2.81. The molecule has 2 fully saturated rings. The van der Waals surface area contributed by atoms with Gasteiger partial charge in [0, 0.05) is 32.8 Å². The van der Waals surface area contributed by atoms with Gasteiger partial charge in [0.2, 0.25) is 0 Å². The highest BCUT2D eigenvalue weighted by Crippen LogP contribution is 2.45. The van der Waals surface area contributed by atoms with Gasteiger partial charge in [-0.05, 0) is 95.9 Å². The van der Waals surface area contributed by atoms with Crippen molar-refractivity contribution in [3.63, 3.8) is 0 Å². The van der Waals surface area contributed by atoms with E-state index in [1.807, 2.05) is 0 Å². The maximum atomic E-state index is 5.99. The van der Waals surface area contributed by atoms with Crippen LogP contribution in [0.5, 0.6) is 0 Å². The van der Waals surface area contributed by atoms with Crippen LogP contribution in [0, 0.1) is 0 Å². The SMILES string of the molecule is CCOCc1cc(C(C)(C)c2cc(COC)c(C3CCC3)c(COCC)c2)cc(COC)c1C1CCC1. The molecular weight excluding hydrogens is 460 g/mol. The van der Waals surface area contributed by atoms with Crippen molar-refractivity contribution in [2.24, 2.45) is 0 Å². The highest BCUT2D eigenvalue weighted by molar-refractivity contribution is 5.51. The zero-order chi connectivity index (χ0) is 26.4. The Balaban J connectivity index is 1.82. The molecule has 0 spiro atoms. The van der Waals surface area contributed by atoms with Gasteiger partial charge in [-0.1, -0.05) is 51.0 Å². The zero-order valence-corrected chi connectivity index (χ0v) is 24.1. The van der Waals surface area contributed by atoms with Gasteiger partial charge >= 0.3 is 0 Å². The molecule has 0 saturated heterocycles. The van der Waals surface area contributed by atoms with E-state index in [-0.39, 0.29) is 5.41 Å². The van der Waals surface area contributed by atoms with E-state index in [1.165, 1.54) is 83.0 Å². The van der Waals surface area contributed by atoms with Gasteiger partial charge in [0.25, 0.3) is 0 Å². The van der Waals surface area contributed by atoms with Gasteiger partial charge < -0.3 is 18.9 Å². The minimum atomic E-state index is -0.191. The van der Waals surface area contributed by atoms with Gasteiger partial charge in [0.15, 0.2) is 0 Å². The third kappa shape index (κ3) is 6.14. The van der Waals surface area contributed by atoms with Crippen molar-refractivity contribution in [1.82, 2.24) is 0 Å². The van der Waals surface area contributed by atoms with E-state index < -0.39 is 0 Å². The first-order valence-electron chi connectivity index (χ1n) is 14.4. The fraction of sp³-hybridized carbons (Fsp3) is 0.636. The molecule has 0 N–H and O–H groups in total. The summed E-state index contributed by atoms with van der Waals surface area (Å²) in [4.78, 5) is 0. The number of rotatable bonds is 14. The second kappa shape index (κ2) is 12.9. The highest BCUT2D eigenvalue weighted by atomic mass is 16.5. The van der Waals surface area contributed by atoms with Crippen LogP contribution in [0.4, 0.5) is 0 Å². The van der Waals surface area contributed by atoms with Crippen LogP contribution in [-0.4, -0.2) is 27.4 Å². The smallest absolute Gasteiger partial charge is 0.0719 e. The summed E-state index contributed by atoms with van der Waals surface area (Å²) in [5.41, 5.74) is 10.7. The summed E-state index contributed by atoms with van der Waals surface area (Å²) in [6.45, 7) is 12.9. The van der Waals surface area contributed by atoms with Crippen LogP contribution < -0.4 is 0 Å². The van der Waals surface area contributed by atoms with Gasteiger partial charge in [0.1, 0.15) is 0 Å². The molecule has 4 heteroatoms. The lowest BCUT2D eigenvalue weighted by atomic mass is 9.70. The summed E-state index contributed by atoms with van der Waals surface area (Å²) in [6, 6.07) is 9.65. The standard InChI is InChI=1S/C33H48O4/c1-7-36-21-27-17-29(15-25(19-34-5)31(27)23-11-9-12-23)33(3,4)30-16-26(20-35-6)32(24-13-10-14-24)28(18-30)22-37-8-2/h15-18,23-24H,7-14,19-22H2,1-6H3. The van der Waals surface area contributed by atoms with Crippen molar-refractivity contribution < 1.29 is 18.9 Å². The predicted molar refractivity (Wildman–Crippen MR) is 150 cm³/mol. The molecule has 0 bridgehead atoms. The molecule has 2 saturated carbocycles. The Bertz CT molecular complexity index is 952. The quantitative estimate of drug-likeness (QED) is 0.260. The Morgan fingerprint density at radius 3 is 1.24 bits per heavy atom. The zero-order valence-electron chi connectivity index (χ0n) is 24.1. The van der Waals surface area contributed by atoms with Crippen LogP contribution >= 0.6 is 0 Å². The second-order valence-corrected chi connectivity index (χ2v) is 11.4. The van der Waals surface area contributed by atoms with Crippen molar-refractivity contribution in [2.75, 3.05) is 27.4 Å². The molecule has 37 heavy (non-hydrogen) atoms. The van der Waals surface area contributed by atoms with Gasteiger partial charge in [-0.3, -0.25) is 0 Å². The van der Waals surface area contributed by atoms with Gasteiger partial charge in [0.05, 0.1) is 26.4 Å². The van der Waals surface area contributed by atoms with Gasteiger partial charge in [-0.2, -0.15) is 0 Å². The van der Waals surface area contributed by atoms with Crippen LogP contribution in [0.2, 0.25) is 0 Å². The molecule has 0 heterocycles. The fourth-order valence-electron chi connectivity index (χ4n) is 6.10. The molecule has 2 aliphatic carbocycles. The van der Waals surface area contributed by atoms with E-state index in [0.717, 1.165) is 13.2 Å². The molecule has 2 aromatic carbocycles. The Kier molecular flexibility index (Phi) is 9.85. The summed E-state index contributed by atoms with van der Waals surface area (Å²) in [5.74, 6) is 1.26. The van der Waals surface area contributed by atoms with E-state index in [2.05, 4.69) is 52.0 Å². The van der Waals surface area contributed by atoms with Gasteiger partial charge in [-0.15, -0.1) is 0 Å². The number of hydrogen-bond acceptors (Lipinski definition) is 4. The first-order valence-corrected chi connectivity index (χ1v) is 14.4. The summed E-state index contributed by atoms with van der Waals surface area (Å²) < 4.78 is 23.4. The molecule has 4 rings (SSSR count). The molecule has 0 atom stereocenters. The summed E-state index contributed by atoms with van der Waals surface area (Å²) in [6.07, 6.45) is 7.70. The Labute approximate surface area is 225 Å². The summed E-state index contributed by atoms with van der Waals surface area (Å²) in [5, 5.41) is 0. The molecule has 0 amide bonds. The number of hydrogen-bond donors (Lipinski definition) is 0. The molecule has 0 radical (unpaired) electrons. The maximum Gasteiger partial charge on any atom is 0.0719 e. The highest BCUT2D eigenvalue weighted by Gasteiger charge is 2.32. The molecule has 2 aromatic rings. The lowest BCUT2D eigenvalue weighted by Crippen LogP contribution is -2.24. The topological polar surface area (TPSA) is 36.9 Å². The van der Waals surface area contributed by atoms with Crippen molar-refractivity contribution in [3.8, 4) is 0 Å². The van der Waals surface area contributed by atoms with Crippen molar-refractivity contribution in [1.29, 1.82) is 0 Å². The van der Waals surface area contributed by atoms with E-state index in [9.17, 15) is 0 Å². The molecule has 4 nitrogen and oxygen atoms in total. The van der Waals surface area contributed by atoms with E-state index in [1.54, 1.807) is 14.2 Å². The van der Waals surface area contributed by atoms with Crippen molar-refractivity contribution in [3.05, 3.63) is 68.8 Å². The molecular formula is C33H48O4. The lowest BCUT2D eigenvalue weighted by Gasteiger charge is -2.35. The van der Waals surface area contributed by atoms with Crippen molar-refractivity contribution >= 4 is 0 Å². The van der Waals surface area contributed by atoms with Crippen LogP contribution in [0.3, 0.4) is 0 Å². The number of methoxy groups -OCH3 is 2. The monoisotopic (exact) mass is 508 g/mol. The second-order valence-electron chi connectivity index (χ2n) is 11.4. The third-order valence-electron chi connectivity index (χ3n) is 8.70. The summed E-state index contributed by atoms with van der Waals surface area (Å²) >= 11 is 0. The molecule has 0 unspecified atom stereocenters. The Hall–Kier alpha value is -1.72. The van der Waals surface area contributed by atoms with Crippen LogP contribution in [0.1, 0.15) is 123 Å². The lowest BCUT2D eigenvalue weighted by molar-refractivity contribution is 0.132. The molecule has 2 aliphatic rings. The third-order valence-corrected chi connectivity index (χ3v) is 8.70. The first kappa shape index (κ1) is 28.3. The van der Waals surface area contributed by atoms with E-state index in [4.69, 9.17) is 18.9 Å². The van der Waals surface area contributed by atoms with E-state index in [0.29, 0.717) is 38.3 Å². The van der Waals surface area contributed by atoms with Gasteiger partial charge in [-0.25, -0.2) is 0 Å². The fourth-order valence-corrected chi connectivity index (χ4v) is 6.10. The summed E-state index contributed by atoms with van der Waals surface area (Å²) in [7, 11) is 3.61. The predicted octanol–water partition coefficient (Wildman–Crippen LogP) is 7.91. The minimum absolute atomic E-state index is 0.191. The average molecular weight is 509 g/mol. The van der Waals surface area contributed by atoms with Crippen LogP contribution in [0.25, 0.3) is 0 Å². The first-order chi connectivity index (χ1) is 17.9. The Morgan fingerprint density at radius 1 is 0.622 bits per heavy atom. The largest absolute Gasteiger partial charge is 0.380 e. The Morgan fingerprint density at radius 2 is 0.973 bits per heavy atom. The number of benzene rings is 2. The molecule has 204 valence electrons. The van der Waals surface area contributed by atoms with E-state index >= 15 is 0 Å². The maximum absolute atomic E-state index is 5.99. The van der Waals surface area contributed by atoms with Crippen LogP contribution in [0.15, 0.2) is 24.3 Å². The molecule has 0 aliphatic heterocycles. The van der Waals surface area contributed by atoms with Crippen molar-refractivity contribution in [2.45, 2.75) is 110 Å². The minimum Gasteiger partial charge on any atom is -0.380 e. The van der Waals surface area contributed by atoms with Crippen LogP contribution in [-0.2, 0) is 50.8 Å². The molecule has 0 aromatic heterocycles. The number of ether oxygens (including phenoxy) is 4.